The van der Waals surface area contributed by atoms with E-state index in [0.717, 1.165) is 25.5 Å². The average molecular weight is 293 g/mol. The van der Waals surface area contributed by atoms with E-state index >= 15 is 0 Å². The number of nitrogens with one attached hydrogen (secondary N) is 1. The van der Waals surface area contributed by atoms with E-state index in [-0.39, 0.29) is 0 Å². The quantitative estimate of drug-likeness (QED) is 0.875. The molecule has 0 spiro atoms. The lowest BCUT2D eigenvalue weighted by Crippen LogP contribution is -2.57. The Kier molecular flexibility index (Phi) is 5.76. The van der Waals surface area contributed by atoms with Gasteiger partial charge in [-0.05, 0) is 26.2 Å². The molecule has 0 radical (unpaired) electrons. The van der Waals surface area contributed by atoms with Crippen molar-refractivity contribution in [2.75, 3.05) is 13.1 Å². The summed E-state index contributed by atoms with van der Waals surface area (Å²) < 4.78 is 2.05. The maximum atomic E-state index is 4.49. The molecule has 1 aromatic heterocycles. The first-order chi connectivity index (χ1) is 10.0. The van der Waals surface area contributed by atoms with Crippen molar-refractivity contribution in [1.29, 1.82) is 0 Å². The van der Waals surface area contributed by atoms with E-state index in [0.29, 0.717) is 24.0 Å². The molecule has 1 aliphatic rings. The summed E-state index contributed by atoms with van der Waals surface area (Å²) in [6.07, 6.45) is 4.16. The van der Waals surface area contributed by atoms with Crippen molar-refractivity contribution in [3.8, 4) is 0 Å². The van der Waals surface area contributed by atoms with E-state index in [4.69, 9.17) is 0 Å². The van der Waals surface area contributed by atoms with E-state index in [1.165, 1.54) is 12.8 Å². The molecule has 0 saturated carbocycles. The highest BCUT2D eigenvalue weighted by molar-refractivity contribution is 4.93. The van der Waals surface area contributed by atoms with E-state index in [2.05, 4.69) is 59.6 Å². The zero-order chi connectivity index (χ0) is 15.4. The highest BCUT2D eigenvalue weighted by Crippen LogP contribution is 2.19. The molecule has 0 bridgehead atoms. The van der Waals surface area contributed by atoms with Gasteiger partial charge in [-0.3, -0.25) is 4.90 Å². The Balaban J connectivity index is 2.10. The molecular weight excluding hydrogens is 262 g/mol. The molecular formula is C16H31N5. The topological polar surface area (TPSA) is 46.0 Å². The lowest BCUT2D eigenvalue weighted by Gasteiger charge is -2.41. The normalized spacial score (nSPS) is 24.1. The summed E-state index contributed by atoms with van der Waals surface area (Å²) in [5, 5.41) is 8.09. The summed E-state index contributed by atoms with van der Waals surface area (Å²) in [5.41, 5.74) is 0. The van der Waals surface area contributed by atoms with Gasteiger partial charge in [-0.15, -0.1) is 0 Å². The third-order valence-corrected chi connectivity index (χ3v) is 4.47. The van der Waals surface area contributed by atoms with E-state index in [9.17, 15) is 0 Å². The minimum Gasteiger partial charge on any atom is -0.311 e. The van der Waals surface area contributed by atoms with Crippen LogP contribution in [0.15, 0.2) is 6.33 Å². The minimum atomic E-state index is 0.371. The molecule has 21 heavy (non-hydrogen) atoms. The molecule has 1 N–H and O–H groups in total. The molecule has 2 heterocycles. The molecule has 1 fully saturated rings. The number of hydrogen-bond acceptors (Lipinski definition) is 4. The number of aromatic nitrogens is 3. The van der Waals surface area contributed by atoms with Crippen LogP contribution in [0, 0.1) is 5.92 Å². The average Bonchev–Trinajstić information content (AvgIpc) is 2.89. The van der Waals surface area contributed by atoms with Crippen LogP contribution in [0.3, 0.4) is 0 Å². The number of nitrogens with zero attached hydrogens (tertiary/aromatic N) is 4. The van der Waals surface area contributed by atoms with Gasteiger partial charge in [0.1, 0.15) is 12.2 Å². The van der Waals surface area contributed by atoms with Gasteiger partial charge < -0.3 is 5.32 Å². The number of hydrogen-bond donors (Lipinski definition) is 1. The Morgan fingerprint density at radius 2 is 2.10 bits per heavy atom. The summed E-state index contributed by atoms with van der Waals surface area (Å²) in [7, 11) is 0. The Bertz CT molecular complexity index is 426. The lowest BCUT2D eigenvalue weighted by molar-refractivity contribution is 0.0951. The Morgan fingerprint density at radius 1 is 1.33 bits per heavy atom. The number of piperazine rings is 1. The molecule has 2 atom stereocenters. The van der Waals surface area contributed by atoms with Crippen LogP contribution in [-0.2, 0) is 6.54 Å². The SMILES string of the molecule is CCCC1CNC(C(C)C)CN1Cc1ncnn1C(C)C. The van der Waals surface area contributed by atoms with E-state index < -0.39 is 0 Å². The molecule has 1 aliphatic heterocycles. The van der Waals surface area contributed by atoms with Crippen molar-refractivity contribution in [2.45, 2.75) is 72.1 Å². The van der Waals surface area contributed by atoms with Crippen LogP contribution >= 0.6 is 0 Å². The van der Waals surface area contributed by atoms with Crippen molar-refractivity contribution in [3.63, 3.8) is 0 Å². The van der Waals surface area contributed by atoms with Gasteiger partial charge in [-0.2, -0.15) is 5.10 Å². The van der Waals surface area contributed by atoms with Gasteiger partial charge in [0.2, 0.25) is 0 Å². The van der Waals surface area contributed by atoms with Crippen molar-refractivity contribution in [1.82, 2.24) is 25.0 Å². The second-order valence-corrected chi connectivity index (χ2v) is 6.85. The highest BCUT2D eigenvalue weighted by atomic mass is 15.4. The Hall–Kier alpha value is -0.940. The summed E-state index contributed by atoms with van der Waals surface area (Å²) in [6.45, 7) is 14.3. The summed E-state index contributed by atoms with van der Waals surface area (Å²) >= 11 is 0. The highest BCUT2D eigenvalue weighted by Gasteiger charge is 2.29. The van der Waals surface area contributed by atoms with Crippen LogP contribution in [0.5, 0.6) is 0 Å². The molecule has 1 aromatic rings. The van der Waals surface area contributed by atoms with Crippen molar-refractivity contribution in [3.05, 3.63) is 12.2 Å². The van der Waals surface area contributed by atoms with E-state index in [1.54, 1.807) is 6.33 Å². The molecule has 2 unspecified atom stereocenters. The molecule has 120 valence electrons. The monoisotopic (exact) mass is 293 g/mol. The van der Waals surface area contributed by atoms with Crippen LogP contribution in [0.4, 0.5) is 0 Å². The maximum absolute atomic E-state index is 4.49. The van der Waals surface area contributed by atoms with Crippen molar-refractivity contribution in [2.24, 2.45) is 5.92 Å². The fourth-order valence-corrected chi connectivity index (χ4v) is 3.14. The maximum Gasteiger partial charge on any atom is 0.141 e. The molecule has 2 rings (SSSR count). The zero-order valence-electron chi connectivity index (χ0n) is 14.2. The molecule has 5 heteroatoms. The van der Waals surface area contributed by atoms with Gasteiger partial charge in [0.25, 0.3) is 0 Å². The number of rotatable bonds is 6. The fraction of sp³-hybridized carbons (Fsp3) is 0.875. The molecule has 0 aliphatic carbocycles. The molecule has 0 aromatic carbocycles. The van der Waals surface area contributed by atoms with Crippen LogP contribution < -0.4 is 5.32 Å². The standard InChI is InChI=1S/C16H31N5/c1-6-7-14-8-17-15(12(2)3)9-20(14)10-16-18-11-19-21(16)13(4)5/h11-15,17H,6-10H2,1-5H3. The van der Waals surface area contributed by atoms with Crippen LogP contribution in [0.2, 0.25) is 0 Å². The molecule has 1 saturated heterocycles. The first kappa shape index (κ1) is 16.4. The molecule has 0 amide bonds. The lowest BCUT2D eigenvalue weighted by atomic mass is 9.97. The van der Waals surface area contributed by atoms with Gasteiger partial charge in [0.05, 0.1) is 6.54 Å². The second-order valence-electron chi connectivity index (χ2n) is 6.85. The fourth-order valence-electron chi connectivity index (χ4n) is 3.14. The Labute approximate surface area is 129 Å². The van der Waals surface area contributed by atoms with E-state index in [1.807, 2.05) is 0 Å². The minimum absolute atomic E-state index is 0.371. The van der Waals surface area contributed by atoms with Gasteiger partial charge in [0, 0.05) is 31.2 Å². The summed E-state index contributed by atoms with van der Waals surface area (Å²) in [5.74, 6) is 1.76. The predicted molar refractivity (Wildman–Crippen MR) is 86.1 cm³/mol. The van der Waals surface area contributed by atoms with Crippen LogP contribution in [-0.4, -0.2) is 44.8 Å². The van der Waals surface area contributed by atoms with Gasteiger partial charge in [0.15, 0.2) is 0 Å². The Morgan fingerprint density at radius 3 is 2.71 bits per heavy atom. The van der Waals surface area contributed by atoms with Crippen LogP contribution in [0.1, 0.15) is 59.3 Å². The first-order valence-electron chi connectivity index (χ1n) is 8.38. The third kappa shape index (κ3) is 4.04. The largest absolute Gasteiger partial charge is 0.311 e. The molecule has 5 nitrogen and oxygen atoms in total. The van der Waals surface area contributed by atoms with Crippen molar-refractivity contribution < 1.29 is 0 Å². The third-order valence-electron chi connectivity index (χ3n) is 4.47. The van der Waals surface area contributed by atoms with Gasteiger partial charge >= 0.3 is 0 Å². The van der Waals surface area contributed by atoms with Gasteiger partial charge in [-0.25, -0.2) is 9.67 Å². The smallest absolute Gasteiger partial charge is 0.141 e. The van der Waals surface area contributed by atoms with Crippen LogP contribution in [0.25, 0.3) is 0 Å². The van der Waals surface area contributed by atoms with Crippen molar-refractivity contribution >= 4 is 0 Å². The zero-order valence-corrected chi connectivity index (χ0v) is 14.2. The first-order valence-corrected chi connectivity index (χ1v) is 8.38. The summed E-state index contributed by atoms with van der Waals surface area (Å²) in [6, 6.07) is 1.56. The van der Waals surface area contributed by atoms with Gasteiger partial charge in [-0.1, -0.05) is 27.2 Å². The summed E-state index contributed by atoms with van der Waals surface area (Å²) in [4.78, 5) is 7.09. The second kappa shape index (κ2) is 7.36. The predicted octanol–water partition coefficient (Wildman–Crippen LogP) is 2.46.